The number of hydrogen-bond donors (Lipinski definition) is 1. The van der Waals surface area contributed by atoms with E-state index in [1.54, 1.807) is 0 Å². The van der Waals surface area contributed by atoms with Gasteiger partial charge in [0.2, 0.25) is 0 Å². The summed E-state index contributed by atoms with van der Waals surface area (Å²) in [6, 6.07) is 0.0792. The number of nitrogens with one attached hydrogen (secondary N) is 1. The van der Waals surface area contributed by atoms with Crippen LogP contribution in [-0.4, -0.2) is 16.5 Å². The highest BCUT2D eigenvalue weighted by Crippen LogP contribution is 2.11. The number of rotatable bonds is 5. The molecule has 0 aromatic carbocycles. The van der Waals surface area contributed by atoms with Crippen molar-refractivity contribution in [1.29, 1.82) is 0 Å². The summed E-state index contributed by atoms with van der Waals surface area (Å²) in [6.07, 6.45) is 10.7. The van der Waals surface area contributed by atoms with Gasteiger partial charge in [-0.25, -0.2) is 9.97 Å². The topological polar surface area (TPSA) is 37.8 Å². The summed E-state index contributed by atoms with van der Waals surface area (Å²) in [5.41, 5.74) is 1.06. The van der Waals surface area contributed by atoms with Crippen LogP contribution in [-0.2, 0) is 0 Å². The van der Waals surface area contributed by atoms with Crippen molar-refractivity contribution in [3.63, 3.8) is 0 Å². The maximum Gasteiger partial charge on any atom is 0.146 e. The van der Waals surface area contributed by atoms with Crippen LogP contribution < -0.4 is 5.32 Å². The van der Waals surface area contributed by atoms with Crippen molar-refractivity contribution in [2.45, 2.75) is 32.7 Å². The molecule has 0 spiro atoms. The monoisotopic (exact) mass is 203 g/mol. The van der Waals surface area contributed by atoms with Gasteiger partial charge in [-0.15, -0.1) is 12.3 Å². The lowest BCUT2D eigenvalue weighted by Crippen LogP contribution is -2.23. The highest BCUT2D eigenvalue weighted by molar-refractivity contribution is 5.06. The molecule has 1 N–H and O–H groups in total. The number of terminal acetylenes is 1. The second-order valence-electron chi connectivity index (χ2n) is 3.53. The molecule has 1 rings (SSSR count). The van der Waals surface area contributed by atoms with Gasteiger partial charge in [0.25, 0.3) is 0 Å². The molecule has 0 aliphatic heterocycles. The lowest BCUT2D eigenvalue weighted by Gasteiger charge is -2.14. The molecule has 1 atom stereocenters. The van der Waals surface area contributed by atoms with Gasteiger partial charge >= 0.3 is 0 Å². The molecule has 0 saturated carbocycles. The third kappa shape index (κ3) is 3.69. The zero-order chi connectivity index (χ0) is 11.1. The van der Waals surface area contributed by atoms with E-state index in [9.17, 15) is 0 Å². The van der Waals surface area contributed by atoms with Crippen LogP contribution >= 0.6 is 0 Å². The molecule has 0 radical (unpaired) electrons. The first-order chi connectivity index (χ1) is 7.27. The molecule has 0 aliphatic rings. The summed E-state index contributed by atoms with van der Waals surface area (Å²) in [6.45, 7) is 5.03. The minimum Gasteiger partial charge on any atom is -0.307 e. The smallest absolute Gasteiger partial charge is 0.146 e. The van der Waals surface area contributed by atoms with Crippen LogP contribution in [0.1, 0.15) is 37.2 Å². The predicted octanol–water partition coefficient (Wildman–Crippen LogP) is 1.85. The van der Waals surface area contributed by atoms with Gasteiger partial charge in [-0.3, -0.25) is 0 Å². The Bertz CT molecular complexity index is 324. The SMILES string of the molecule is C#CCC(NCCC)c1ncc(C)cn1. The molecule has 0 fully saturated rings. The molecule has 3 nitrogen and oxygen atoms in total. The third-order valence-electron chi connectivity index (χ3n) is 2.08. The minimum atomic E-state index is 0.0792. The first kappa shape index (κ1) is 11.7. The molecular weight excluding hydrogens is 186 g/mol. The van der Waals surface area contributed by atoms with Crippen molar-refractivity contribution in [1.82, 2.24) is 15.3 Å². The van der Waals surface area contributed by atoms with E-state index < -0.39 is 0 Å². The van der Waals surface area contributed by atoms with E-state index in [2.05, 4.69) is 28.1 Å². The first-order valence-electron chi connectivity index (χ1n) is 5.23. The second kappa shape index (κ2) is 6.15. The van der Waals surface area contributed by atoms with E-state index in [4.69, 9.17) is 6.42 Å². The average Bonchev–Trinajstić information content (AvgIpc) is 2.25. The number of aryl methyl sites for hydroxylation is 1. The summed E-state index contributed by atoms with van der Waals surface area (Å²) in [7, 11) is 0. The summed E-state index contributed by atoms with van der Waals surface area (Å²) < 4.78 is 0. The van der Waals surface area contributed by atoms with Crippen molar-refractivity contribution in [2.24, 2.45) is 0 Å². The third-order valence-corrected chi connectivity index (χ3v) is 2.08. The molecule has 1 aromatic rings. The second-order valence-corrected chi connectivity index (χ2v) is 3.53. The van der Waals surface area contributed by atoms with Gasteiger partial charge in [0, 0.05) is 18.8 Å². The molecule has 1 heterocycles. The summed E-state index contributed by atoms with van der Waals surface area (Å²) in [5, 5.41) is 3.34. The lowest BCUT2D eigenvalue weighted by molar-refractivity contribution is 0.516. The molecule has 1 aromatic heterocycles. The fraction of sp³-hybridized carbons (Fsp3) is 0.500. The van der Waals surface area contributed by atoms with Gasteiger partial charge < -0.3 is 5.32 Å². The van der Waals surface area contributed by atoms with Gasteiger partial charge in [0.1, 0.15) is 5.82 Å². The largest absolute Gasteiger partial charge is 0.307 e. The van der Waals surface area contributed by atoms with Crippen LogP contribution in [0.4, 0.5) is 0 Å². The molecule has 15 heavy (non-hydrogen) atoms. The quantitative estimate of drug-likeness (QED) is 0.742. The molecule has 0 bridgehead atoms. The van der Waals surface area contributed by atoms with Crippen LogP contribution in [0.25, 0.3) is 0 Å². The van der Waals surface area contributed by atoms with Crippen molar-refractivity contribution in [3.8, 4) is 12.3 Å². The maximum atomic E-state index is 5.32. The Balaban J connectivity index is 2.70. The van der Waals surface area contributed by atoms with E-state index in [0.29, 0.717) is 6.42 Å². The van der Waals surface area contributed by atoms with Crippen LogP contribution in [0, 0.1) is 19.3 Å². The Morgan fingerprint density at radius 2 is 2.13 bits per heavy atom. The highest BCUT2D eigenvalue weighted by Gasteiger charge is 2.11. The minimum absolute atomic E-state index is 0.0792. The molecule has 3 heteroatoms. The standard InChI is InChI=1S/C12H17N3/c1-4-6-11(13-7-5-2)12-14-8-10(3)9-15-12/h1,8-9,11,13H,5-7H2,2-3H3. The van der Waals surface area contributed by atoms with E-state index in [1.165, 1.54) is 0 Å². The fourth-order valence-electron chi connectivity index (χ4n) is 1.27. The van der Waals surface area contributed by atoms with Crippen LogP contribution in [0.5, 0.6) is 0 Å². The summed E-state index contributed by atoms with van der Waals surface area (Å²) in [5.74, 6) is 3.43. The molecule has 0 saturated heterocycles. The Hall–Kier alpha value is -1.40. The van der Waals surface area contributed by atoms with Crippen molar-refractivity contribution < 1.29 is 0 Å². The van der Waals surface area contributed by atoms with Gasteiger partial charge in [-0.1, -0.05) is 6.92 Å². The van der Waals surface area contributed by atoms with Gasteiger partial charge in [-0.05, 0) is 25.5 Å². The normalized spacial score (nSPS) is 12.1. The Labute approximate surface area is 91.3 Å². The van der Waals surface area contributed by atoms with E-state index in [-0.39, 0.29) is 6.04 Å². The van der Waals surface area contributed by atoms with Crippen LogP contribution in [0.3, 0.4) is 0 Å². The van der Waals surface area contributed by atoms with Crippen LogP contribution in [0.2, 0.25) is 0 Å². The molecular formula is C12H17N3. The highest BCUT2D eigenvalue weighted by atomic mass is 15.0. The van der Waals surface area contributed by atoms with Crippen molar-refractivity contribution >= 4 is 0 Å². The van der Waals surface area contributed by atoms with Gasteiger partial charge in [0.15, 0.2) is 0 Å². The van der Waals surface area contributed by atoms with E-state index >= 15 is 0 Å². The zero-order valence-corrected chi connectivity index (χ0v) is 9.33. The summed E-state index contributed by atoms with van der Waals surface area (Å²) >= 11 is 0. The average molecular weight is 203 g/mol. The zero-order valence-electron chi connectivity index (χ0n) is 9.33. The van der Waals surface area contributed by atoms with Crippen molar-refractivity contribution in [2.75, 3.05) is 6.54 Å². The first-order valence-corrected chi connectivity index (χ1v) is 5.23. The van der Waals surface area contributed by atoms with Gasteiger partial charge in [0.05, 0.1) is 6.04 Å². The molecule has 0 amide bonds. The Kier molecular flexibility index (Phi) is 4.79. The predicted molar refractivity (Wildman–Crippen MR) is 61.3 cm³/mol. The van der Waals surface area contributed by atoms with Gasteiger partial charge in [-0.2, -0.15) is 0 Å². The number of nitrogens with zero attached hydrogens (tertiary/aromatic N) is 2. The maximum absolute atomic E-state index is 5.32. The van der Waals surface area contributed by atoms with E-state index in [1.807, 2.05) is 19.3 Å². The molecule has 80 valence electrons. The Morgan fingerprint density at radius 1 is 1.47 bits per heavy atom. The molecule has 1 unspecified atom stereocenters. The number of hydrogen-bond acceptors (Lipinski definition) is 3. The lowest BCUT2D eigenvalue weighted by atomic mass is 10.2. The Morgan fingerprint density at radius 3 is 2.67 bits per heavy atom. The van der Waals surface area contributed by atoms with Crippen molar-refractivity contribution in [3.05, 3.63) is 23.8 Å². The fourth-order valence-corrected chi connectivity index (χ4v) is 1.27. The molecule has 0 aliphatic carbocycles. The van der Waals surface area contributed by atoms with E-state index in [0.717, 1.165) is 24.4 Å². The number of aromatic nitrogens is 2. The van der Waals surface area contributed by atoms with Crippen LogP contribution in [0.15, 0.2) is 12.4 Å². The summed E-state index contributed by atoms with van der Waals surface area (Å²) in [4.78, 5) is 8.56.